The molecule has 0 aliphatic carbocycles. The Morgan fingerprint density at radius 1 is 1.60 bits per heavy atom. The third-order valence-corrected chi connectivity index (χ3v) is 1.02. The highest BCUT2D eigenvalue weighted by atomic mass is 16.1. The minimum atomic E-state index is 0.560. The van der Waals surface area contributed by atoms with E-state index in [1.165, 1.54) is 6.92 Å². The maximum atomic E-state index is 8.81. The number of carbonyl (C=O) groups excluding carboxylic acids is 1. The van der Waals surface area contributed by atoms with E-state index in [2.05, 4.69) is 25.7 Å². The Bertz CT molecular complexity index is 97.4. The summed E-state index contributed by atoms with van der Waals surface area (Å²) in [6, 6.07) is 0. The average Bonchev–Trinajstić information content (AvgIpc) is 1.88. The highest BCUT2D eigenvalue weighted by Gasteiger charge is 1.92. The lowest BCUT2D eigenvalue weighted by Crippen LogP contribution is -2.09. The number of hydrogen-bond donors (Lipinski definition) is 1. The molecule has 0 aliphatic rings. The molecular weight excluding hydrogens is 126 g/mol. The van der Waals surface area contributed by atoms with Crippen LogP contribution in [0.4, 0.5) is 0 Å². The number of allylic oxidation sites excluding steroid dienone is 1. The van der Waals surface area contributed by atoms with E-state index in [0.29, 0.717) is 5.92 Å². The van der Waals surface area contributed by atoms with E-state index in [4.69, 9.17) is 4.79 Å². The van der Waals surface area contributed by atoms with E-state index < -0.39 is 0 Å². The number of nitrogens with one attached hydrogen (secondary N) is 1. The van der Waals surface area contributed by atoms with Crippen molar-refractivity contribution in [2.24, 2.45) is 5.92 Å². The van der Waals surface area contributed by atoms with Gasteiger partial charge in [-0.05, 0) is 12.8 Å². The van der Waals surface area contributed by atoms with E-state index in [-0.39, 0.29) is 0 Å². The first-order valence-electron chi connectivity index (χ1n) is 3.36. The number of aldehydes is 1. The van der Waals surface area contributed by atoms with Gasteiger partial charge in [-0.25, -0.2) is 0 Å². The van der Waals surface area contributed by atoms with Crippen LogP contribution in [0.25, 0.3) is 0 Å². The molecule has 0 heterocycles. The minimum absolute atomic E-state index is 0.560. The second-order valence-corrected chi connectivity index (χ2v) is 2.17. The smallest absolute Gasteiger partial charge is 0.116 e. The molecule has 60 valence electrons. The molecule has 10 heavy (non-hydrogen) atoms. The number of hydrogen-bond acceptors (Lipinski definition) is 2. The van der Waals surface area contributed by atoms with Crippen molar-refractivity contribution < 1.29 is 4.79 Å². The molecule has 0 saturated heterocycles. The Morgan fingerprint density at radius 3 is 1.90 bits per heavy atom. The average molecular weight is 143 g/mol. The van der Waals surface area contributed by atoms with Gasteiger partial charge in [-0.3, -0.25) is 0 Å². The molecule has 0 bridgehead atoms. The first-order chi connectivity index (χ1) is 4.59. The van der Waals surface area contributed by atoms with Gasteiger partial charge in [-0.15, -0.1) is 0 Å². The first-order valence-corrected chi connectivity index (χ1v) is 3.36. The summed E-state index contributed by atoms with van der Waals surface area (Å²) in [4.78, 5) is 8.81. The molecule has 0 spiro atoms. The van der Waals surface area contributed by atoms with Crippen molar-refractivity contribution in [3.05, 3.63) is 12.3 Å². The van der Waals surface area contributed by atoms with Crippen molar-refractivity contribution in [2.45, 2.75) is 20.8 Å². The Labute approximate surface area is 63.3 Å². The van der Waals surface area contributed by atoms with E-state index in [1.807, 2.05) is 7.05 Å². The van der Waals surface area contributed by atoms with Crippen molar-refractivity contribution in [1.29, 1.82) is 0 Å². The Hall–Kier alpha value is -0.790. The molecule has 2 nitrogen and oxygen atoms in total. The topological polar surface area (TPSA) is 29.1 Å². The zero-order valence-electron chi connectivity index (χ0n) is 7.27. The highest BCUT2D eigenvalue weighted by Crippen LogP contribution is 1.99. The molecule has 0 aromatic heterocycles. The summed E-state index contributed by atoms with van der Waals surface area (Å²) >= 11 is 0. The normalized spacial score (nSPS) is 7.70. The van der Waals surface area contributed by atoms with E-state index in [0.717, 1.165) is 12.0 Å². The minimum Gasteiger partial charge on any atom is -0.392 e. The fraction of sp³-hybridized carbons (Fsp3) is 0.625. The molecule has 0 aliphatic heterocycles. The Kier molecular flexibility index (Phi) is 9.80. The van der Waals surface area contributed by atoms with Crippen LogP contribution in [0.5, 0.6) is 0 Å². The lowest BCUT2D eigenvalue weighted by molar-refractivity contribution is -0.106. The zero-order valence-corrected chi connectivity index (χ0v) is 7.27. The number of rotatable bonds is 2. The molecule has 2 heteroatoms. The quantitative estimate of drug-likeness (QED) is 0.595. The molecule has 0 amide bonds. The molecule has 0 fully saturated rings. The zero-order chi connectivity index (χ0) is 8.57. The van der Waals surface area contributed by atoms with Gasteiger partial charge in [0.15, 0.2) is 0 Å². The van der Waals surface area contributed by atoms with Crippen LogP contribution in [0.15, 0.2) is 12.3 Å². The molecule has 0 unspecified atom stereocenters. The van der Waals surface area contributed by atoms with Gasteiger partial charge in [0, 0.05) is 12.7 Å². The van der Waals surface area contributed by atoms with Crippen LogP contribution in [0.3, 0.4) is 0 Å². The lowest BCUT2D eigenvalue weighted by atomic mass is 10.2. The van der Waals surface area contributed by atoms with Crippen LogP contribution < -0.4 is 5.32 Å². The van der Waals surface area contributed by atoms with Crippen LogP contribution in [0.1, 0.15) is 20.8 Å². The molecule has 0 aromatic rings. The van der Waals surface area contributed by atoms with Gasteiger partial charge in [0.05, 0.1) is 0 Å². The van der Waals surface area contributed by atoms with Gasteiger partial charge >= 0.3 is 0 Å². The van der Waals surface area contributed by atoms with Crippen LogP contribution in [-0.2, 0) is 4.79 Å². The SMILES string of the molecule is C=C(NC)C(C)C.CC=O. The predicted molar refractivity (Wildman–Crippen MR) is 44.8 cm³/mol. The van der Waals surface area contributed by atoms with Gasteiger partial charge < -0.3 is 10.1 Å². The van der Waals surface area contributed by atoms with Crippen molar-refractivity contribution in [2.75, 3.05) is 7.05 Å². The largest absolute Gasteiger partial charge is 0.392 e. The maximum absolute atomic E-state index is 8.81. The monoisotopic (exact) mass is 143 g/mol. The summed E-state index contributed by atoms with van der Waals surface area (Å²) in [6.07, 6.45) is 0.750. The molecule has 0 radical (unpaired) electrons. The van der Waals surface area contributed by atoms with Crippen LogP contribution in [0.2, 0.25) is 0 Å². The van der Waals surface area contributed by atoms with Crippen LogP contribution >= 0.6 is 0 Å². The molecule has 0 saturated carbocycles. The summed E-state index contributed by atoms with van der Waals surface area (Å²) in [6.45, 7) is 9.43. The fourth-order valence-electron chi connectivity index (χ4n) is 0.289. The standard InChI is InChI=1S/C6H13N.C2H4O/c1-5(2)6(3)7-4;1-2-3/h5,7H,3H2,1-2,4H3;2H,1H3. The number of carbonyl (C=O) groups is 1. The Balaban J connectivity index is 0. The second-order valence-electron chi connectivity index (χ2n) is 2.17. The summed E-state index contributed by atoms with van der Waals surface area (Å²) in [5.74, 6) is 0.560. The van der Waals surface area contributed by atoms with Crippen LogP contribution in [-0.4, -0.2) is 13.3 Å². The maximum Gasteiger partial charge on any atom is 0.116 e. The second kappa shape index (κ2) is 8.21. The molecule has 0 rings (SSSR count). The van der Waals surface area contributed by atoms with Gasteiger partial charge in [0.2, 0.25) is 0 Å². The van der Waals surface area contributed by atoms with Gasteiger partial charge in [0.1, 0.15) is 6.29 Å². The van der Waals surface area contributed by atoms with Crippen molar-refractivity contribution in [3.63, 3.8) is 0 Å². The van der Waals surface area contributed by atoms with Crippen molar-refractivity contribution >= 4 is 6.29 Å². The summed E-state index contributed by atoms with van der Waals surface area (Å²) < 4.78 is 0. The molecule has 0 atom stereocenters. The lowest BCUT2D eigenvalue weighted by Gasteiger charge is -2.05. The summed E-state index contributed by atoms with van der Waals surface area (Å²) in [5, 5.41) is 2.97. The van der Waals surface area contributed by atoms with Gasteiger partial charge in [-0.1, -0.05) is 20.4 Å². The molecule has 0 aromatic carbocycles. The molecular formula is C8H17NO. The summed E-state index contributed by atoms with van der Waals surface area (Å²) in [5.41, 5.74) is 1.10. The predicted octanol–water partition coefficient (Wildman–Crippen LogP) is 1.58. The third-order valence-electron chi connectivity index (χ3n) is 1.02. The van der Waals surface area contributed by atoms with E-state index in [1.54, 1.807) is 0 Å². The molecule has 1 N–H and O–H groups in total. The van der Waals surface area contributed by atoms with E-state index >= 15 is 0 Å². The van der Waals surface area contributed by atoms with Gasteiger partial charge in [-0.2, -0.15) is 0 Å². The Morgan fingerprint density at radius 2 is 1.90 bits per heavy atom. The van der Waals surface area contributed by atoms with E-state index in [9.17, 15) is 0 Å². The van der Waals surface area contributed by atoms with Crippen LogP contribution in [0, 0.1) is 5.92 Å². The van der Waals surface area contributed by atoms with Crippen molar-refractivity contribution in [3.8, 4) is 0 Å². The summed E-state index contributed by atoms with van der Waals surface area (Å²) in [7, 11) is 1.89. The first kappa shape index (κ1) is 11.9. The van der Waals surface area contributed by atoms with Gasteiger partial charge in [0.25, 0.3) is 0 Å². The fourth-order valence-corrected chi connectivity index (χ4v) is 0.289. The third kappa shape index (κ3) is 10.2. The van der Waals surface area contributed by atoms with Crippen molar-refractivity contribution in [1.82, 2.24) is 5.32 Å². The highest BCUT2D eigenvalue weighted by molar-refractivity contribution is 5.44.